The van der Waals surface area contributed by atoms with Crippen LogP contribution in [-0.4, -0.2) is 40.4 Å². The van der Waals surface area contributed by atoms with Gasteiger partial charge in [-0.25, -0.2) is 14.4 Å². The molecule has 0 saturated heterocycles. The van der Waals surface area contributed by atoms with Gasteiger partial charge in [-0.05, 0) is 47.0 Å². The summed E-state index contributed by atoms with van der Waals surface area (Å²) < 4.78 is 10.1. The minimum Gasteiger partial charge on any atom is -0.479 e. The second-order valence-corrected chi connectivity index (χ2v) is 7.11. The quantitative estimate of drug-likeness (QED) is 0.729. The Labute approximate surface area is 131 Å². The summed E-state index contributed by atoms with van der Waals surface area (Å²) in [5.74, 6) is -1.99. The summed E-state index contributed by atoms with van der Waals surface area (Å²) in [7, 11) is 0. The van der Waals surface area contributed by atoms with Crippen molar-refractivity contribution >= 4 is 18.0 Å². The van der Waals surface area contributed by atoms with Crippen LogP contribution in [0, 0.1) is 5.92 Å². The van der Waals surface area contributed by atoms with Crippen LogP contribution in [0.1, 0.15) is 54.9 Å². The van der Waals surface area contributed by atoms with Gasteiger partial charge in [0.2, 0.25) is 0 Å². The predicted octanol–water partition coefficient (Wildman–Crippen LogP) is 2.33. The van der Waals surface area contributed by atoms with E-state index in [-0.39, 0.29) is 12.3 Å². The van der Waals surface area contributed by atoms with E-state index in [4.69, 9.17) is 14.6 Å². The number of hydrogen-bond acceptors (Lipinski definition) is 5. The van der Waals surface area contributed by atoms with E-state index in [1.165, 1.54) is 13.8 Å². The highest BCUT2D eigenvalue weighted by molar-refractivity contribution is 5.87. The molecule has 0 saturated carbocycles. The number of carboxylic acids is 1. The molecule has 0 bridgehead atoms. The van der Waals surface area contributed by atoms with Crippen LogP contribution < -0.4 is 5.32 Å². The summed E-state index contributed by atoms with van der Waals surface area (Å²) in [5, 5.41) is 11.5. The summed E-state index contributed by atoms with van der Waals surface area (Å²) >= 11 is 0. The van der Waals surface area contributed by atoms with Crippen molar-refractivity contribution in [3.05, 3.63) is 0 Å². The van der Waals surface area contributed by atoms with Crippen molar-refractivity contribution in [1.29, 1.82) is 0 Å². The Balaban J connectivity index is 4.79. The van der Waals surface area contributed by atoms with E-state index >= 15 is 0 Å². The van der Waals surface area contributed by atoms with E-state index in [0.29, 0.717) is 0 Å². The minimum absolute atomic E-state index is 0.0517. The number of ether oxygens (including phenoxy) is 2. The van der Waals surface area contributed by atoms with Crippen LogP contribution in [0.5, 0.6) is 0 Å². The van der Waals surface area contributed by atoms with E-state index in [1.807, 2.05) is 13.8 Å². The van der Waals surface area contributed by atoms with Crippen LogP contribution in [0.2, 0.25) is 0 Å². The molecule has 0 aliphatic heterocycles. The number of carbonyl (C=O) groups excluding carboxylic acids is 2. The van der Waals surface area contributed by atoms with E-state index in [2.05, 4.69) is 5.32 Å². The molecule has 0 unspecified atom stereocenters. The number of nitrogens with one attached hydrogen (secondary N) is 1. The zero-order valence-electron chi connectivity index (χ0n) is 14.4. The molecule has 7 heteroatoms. The van der Waals surface area contributed by atoms with Gasteiger partial charge in [0.05, 0.1) is 0 Å². The summed E-state index contributed by atoms with van der Waals surface area (Å²) in [6.07, 6.45) is -1.82. The van der Waals surface area contributed by atoms with Crippen molar-refractivity contribution in [1.82, 2.24) is 5.32 Å². The van der Waals surface area contributed by atoms with Crippen molar-refractivity contribution in [2.45, 2.75) is 72.1 Å². The zero-order valence-corrected chi connectivity index (χ0v) is 14.4. The molecule has 22 heavy (non-hydrogen) atoms. The molecular weight excluding hydrogens is 290 g/mol. The molecule has 0 heterocycles. The van der Waals surface area contributed by atoms with E-state index in [9.17, 15) is 14.4 Å². The van der Waals surface area contributed by atoms with Crippen molar-refractivity contribution in [2.75, 3.05) is 0 Å². The number of carbonyl (C=O) groups is 3. The average molecular weight is 317 g/mol. The van der Waals surface area contributed by atoms with E-state index in [0.717, 1.165) is 0 Å². The number of esters is 1. The van der Waals surface area contributed by atoms with Gasteiger partial charge in [0, 0.05) is 0 Å². The highest BCUT2D eigenvalue weighted by Crippen LogP contribution is 2.15. The van der Waals surface area contributed by atoms with Gasteiger partial charge in [-0.15, -0.1) is 0 Å². The molecule has 7 nitrogen and oxygen atoms in total. The second-order valence-electron chi connectivity index (χ2n) is 7.11. The Kier molecular flexibility index (Phi) is 6.86. The Bertz CT molecular complexity index is 422. The van der Waals surface area contributed by atoms with Gasteiger partial charge in [0.25, 0.3) is 0 Å². The SMILES string of the molecule is CC(C)C[C@H](OC(=O)C(C)(C)NC(=O)OC(C)(C)C)C(=O)O. The molecular formula is C15H27NO6. The van der Waals surface area contributed by atoms with Crippen LogP contribution >= 0.6 is 0 Å². The Morgan fingerprint density at radius 2 is 1.59 bits per heavy atom. The van der Waals surface area contributed by atoms with Crippen molar-refractivity contribution in [3.8, 4) is 0 Å². The monoisotopic (exact) mass is 317 g/mol. The molecule has 0 aromatic rings. The molecule has 0 spiro atoms. The smallest absolute Gasteiger partial charge is 0.408 e. The van der Waals surface area contributed by atoms with Gasteiger partial charge >= 0.3 is 18.0 Å². The third kappa shape index (κ3) is 7.85. The van der Waals surface area contributed by atoms with Crippen LogP contribution in [0.25, 0.3) is 0 Å². The topological polar surface area (TPSA) is 102 Å². The number of hydrogen-bond donors (Lipinski definition) is 2. The minimum atomic E-state index is -1.40. The molecule has 0 aromatic carbocycles. The number of amides is 1. The lowest BCUT2D eigenvalue weighted by Crippen LogP contribution is -2.53. The van der Waals surface area contributed by atoms with Gasteiger partial charge in [-0.2, -0.15) is 0 Å². The zero-order chi connectivity index (χ0) is 17.7. The van der Waals surface area contributed by atoms with Gasteiger partial charge < -0.3 is 19.9 Å². The van der Waals surface area contributed by atoms with Crippen molar-refractivity contribution in [2.24, 2.45) is 5.92 Å². The fourth-order valence-corrected chi connectivity index (χ4v) is 1.51. The maximum absolute atomic E-state index is 12.1. The van der Waals surface area contributed by atoms with Gasteiger partial charge in [-0.3, -0.25) is 0 Å². The molecule has 0 aromatic heterocycles. The predicted molar refractivity (Wildman–Crippen MR) is 80.4 cm³/mol. The standard InChI is InChI=1S/C15H27NO6/c1-9(2)8-10(11(17)18)21-12(19)15(6,7)16-13(20)22-14(3,4)5/h9-10H,8H2,1-7H3,(H,16,20)(H,17,18)/t10-/m0/s1. The number of aliphatic carboxylic acids is 1. The van der Waals surface area contributed by atoms with Gasteiger partial charge in [-0.1, -0.05) is 13.8 Å². The molecule has 2 N–H and O–H groups in total. The number of alkyl carbamates (subject to hydrolysis) is 1. The second kappa shape index (κ2) is 7.47. The first-order valence-corrected chi connectivity index (χ1v) is 7.19. The van der Waals surface area contributed by atoms with Gasteiger partial charge in [0.15, 0.2) is 6.10 Å². The fourth-order valence-electron chi connectivity index (χ4n) is 1.51. The normalized spacial score (nSPS) is 13.5. The summed E-state index contributed by atoms with van der Waals surface area (Å²) in [6.45, 7) is 11.6. The average Bonchev–Trinajstić information content (AvgIpc) is 2.23. The molecule has 128 valence electrons. The first kappa shape index (κ1) is 20.2. The largest absolute Gasteiger partial charge is 0.479 e. The van der Waals surface area contributed by atoms with E-state index < -0.39 is 35.3 Å². The molecule has 0 rings (SSSR count). The van der Waals surface area contributed by atoms with Gasteiger partial charge in [0.1, 0.15) is 11.1 Å². The fraction of sp³-hybridized carbons (Fsp3) is 0.800. The van der Waals surface area contributed by atoms with Crippen LogP contribution in [0.15, 0.2) is 0 Å². The van der Waals surface area contributed by atoms with Crippen LogP contribution in [0.4, 0.5) is 4.79 Å². The number of carboxylic acid groups (broad SMARTS) is 1. The lowest BCUT2D eigenvalue weighted by Gasteiger charge is -2.28. The number of rotatable bonds is 6. The third-order valence-electron chi connectivity index (χ3n) is 2.53. The maximum Gasteiger partial charge on any atom is 0.408 e. The lowest BCUT2D eigenvalue weighted by atomic mass is 10.0. The molecule has 1 atom stereocenters. The lowest BCUT2D eigenvalue weighted by molar-refractivity contribution is -0.169. The molecule has 0 aliphatic rings. The first-order valence-electron chi connectivity index (χ1n) is 7.19. The first-order chi connectivity index (χ1) is 9.74. The third-order valence-corrected chi connectivity index (χ3v) is 2.53. The van der Waals surface area contributed by atoms with Crippen LogP contribution in [0.3, 0.4) is 0 Å². The molecule has 0 fully saturated rings. The summed E-state index contributed by atoms with van der Waals surface area (Å²) in [4.78, 5) is 34.9. The van der Waals surface area contributed by atoms with Crippen molar-refractivity contribution < 1.29 is 29.0 Å². The summed E-state index contributed by atoms with van der Waals surface area (Å²) in [6, 6.07) is 0. The highest BCUT2D eigenvalue weighted by atomic mass is 16.6. The maximum atomic E-state index is 12.1. The molecule has 0 aliphatic carbocycles. The highest BCUT2D eigenvalue weighted by Gasteiger charge is 2.36. The Hall–Kier alpha value is -1.79. The molecule has 0 radical (unpaired) electrons. The Morgan fingerprint density at radius 1 is 1.09 bits per heavy atom. The van der Waals surface area contributed by atoms with E-state index in [1.54, 1.807) is 20.8 Å². The summed E-state index contributed by atoms with van der Waals surface area (Å²) in [5.41, 5.74) is -2.10. The Morgan fingerprint density at radius 3 is 1.95 bits per heavy atom. The molecule has 1 amide bonds. The van der Waals surface area contributed by atoms with Crippen molar-refractivity contribution in [3.63, 3.8) is 0 Å². The van der Waals surface area contributed by atoms with Crippen LogP contribution in [-0.2, 0) is 19.1 Å².